The van der Waals surface area contributed by atoms with Gasteiger partial charge in [0, 0.05) is 13.0 Å². The number of aromatic nitrogens is 2. The summed E-state index contributed by atoms with van der Waals surface area (Å²) < 4.78 is 42.4. The lowest BCUT2D eigenvalue weighted by atomic mass is 9.96. The molecule has 0 bridgehead atoms. The molecular weight excluding hydrogens is 429 g/mol. The first-order chi connectivity index (χ1) is 15.9. The molecule has 3 aromatic carbocycles. The molecule has 1 amide bonds. The third-order valence-corrected chi connectivity index (χ3v) is 6.00. The van der Waals surface area contributed by atoms with Gasteiger partial charge in [0.1, 0.15) is 11.4 Å². The van der Waals surface area contributed by atoms with Crippen molar-refractivity contribution in [3.63, 3.8) is 0 Å². The Labute approximate surface area is 188 Å². The quantitative estimate of drug-likeness (QED) is 0.424. The van der Waals surface area contributed by atoms with Crippen molar-refractivity contribution in [2.75, 3.05) is 5.32 Å². The van der Waals surface area contributed by atoms with E-state index >= 15 is 0 Å². The molecule has 1 aromatic heterocycles. The number of hydrogen-bond acceptors (Lipinski definition) is 3. The van der Waals surface area contributed by atoms with Gasteiger partial charge in [0.05, 0.1) is 12.2 Å². The van der Waals surface area contributed by atoms with Gasteiger partial charge in [-0.25, -0.2) is 4.68 Å². The normalized spacial score (nSPS) is 17.9. The Morgan fingerprint density at radius 3 is 2.55 bits per heavy atom. The van der Waals surface area contributed by atoms with Crippen LogP contribution in [0, 0.1) is 0 Å². The first kappa shape index (κ1) is 21.1. The van der Waals surface area contributed by atoms with E-state index in [9.17, 15) is 18.0 Å². The number of nitrogens with zero attached hydrogens (tertiary/aromatic N) is 2. The van der Waals surface area contributed by atoms with Crippen molar-refractivity contribution in [3.8, 4) is 0 Å². The predicted octanol–water partition coefficient (Wildman–Crippen LogP) is 5.63. The molecular formula is C25H21F3N4O. The SMILES string of the molecule is O=C(NCc1cccc2ccccc12)c1cnn2c1N[C@@H](c1ccccc1)C[C@H]2C(F)(F)F. The fraction of sp³-hybridized carbons (Fsp3) is 0.200. The summed E-state index contributed by atoms with van der Waals surface area (Å²) in [6.45, 7) is 0.246. The number of halogens is 3. The van der Waals surface area contributed by atoms with E-state index in [1.807, 2.05) is 48.5 Å². The Hall–Kier alpha value is -3.81. The molecule has 0 fully saturated rings. The number of anilines is 1. The first-order valence-corrected chi connectivity index (χ1v) is 10.6. The highest BCUT2D eigenvalue weighted by Crippen LogP contribution is 2.44. The number of nitrogens with one attached hydrogen (secondary N) is 2. The zero-order chi connectivity index (χ0) is 23.0. The molecule has 2 atom stereocenters. The molecule has 5 nitrogen and oxygen atoms in total. The lowest BCUT2D eigenvalue weighted by molar-refractivity contribution is -0.173. The van der Waals surface area contributed by atoms with Crippen LogP contribution in [0.5, 0.6) is 0 Å². The Kier molecular flexibility index (Phi) is 5.28. The lowest BCUT2D eigenvalue weighted by Gasteiger charge is -2.34. The summed E-state index contributed by atoms with van der Waals surface area (Å²) >= 11 is 0. The van der Waals surface area contributed by atoms with E-state index in [1.54, 1.807) is 24.3 Å². The highest BCUT2D eigenvalue weighted by atomic mass is 19.4. The maximum Gasteiger partial charge on any atom is 0.410 e. The predicted molar refractivity (Wildman–Crippen MR) is 120 cm³/mol. The fourth-order valence-electron chi connectivity index (χ4n) is 4.35. The second-order valence-corrected chi connectivity index (χ2v) is 8.07. The fourth-order valence-corrected chi connectivity index (χ4v) is 4.35. The summed E-state index contributed by atoms with van der Waals surface area (Å²) in [7, 11) is 0. The first-order valence-electron chi connectivity index (χ1n) is 10.6. The number of amides is 1. The number of hydrogen-bond donors (Lipinski definition) is 2. The molecule has 0 saturated heterocycles. The van der Waals surface area contributed by atoms with E-state index in [0.29, 0.717) is 0 Å². The van der Waals surface area contributed by atoms with E-state index in [4.69, 9.17) is 0 Å². The van der Waals surface area contributed by atoms with E-state index in [-0.39, 0.29) is 24.3 Å². The molecule has 168 valence electrons. The molecule has 0 unspecified atom stereocenters. The molecule has 0 saturated carbocycles. The molecule has 1 aliphatic rings. The van der Waals surface area contributed by atoms with Gasteiger partial charge in [-0.15, -0.1) is 0 Å². The van der Waals surface area contributed by atoms with E-state index in [2.05, 4.69) is 15.7 Å². The third kappa shape index (κ3) is 4.04. The molecule has 0 spiro atoms. The minimum atomic E-state index is -4.49. The van der Waals surface area contributed by atoms with Crippen LogP contribution in [0.4, 0.5) is 19.0 Å². The summed E-state index contributed by atoms with van der Waals surface area (Å²) in [5.41, 5.74) is 1.73. The Morgan fingerprint density at radius 2 is 1.76 bits per heavy atom. The van der Waals surface area contributed by atoms with Gasteiger partial charge in [0.2, 0.25) is 0 Å². The van der Waals surface area contributed by atoms with Crippen LogP contribution in [0.15, 0.2) is 79.0 Å². The van der Waals surface area contributed by atoms with Crippen molar-refractivity contribution >= 4 is 22.5 Å². The van der Waals surface area contributed by atoms with Crippen LogP contribution in [-0.2, 0) is 6.54 Å². The summed E-state index contributed by atoms with van der Waals surface area (Å²) in [5.74, 6) is -0.404. The van der Waals surface area contributed by atoms with Gasteiger partial charge < -0.3 is 10.6 Å². The number of carbonyl (C=O) groups is 1. The van der Waals surface area contributed by atoms with Gasteiger partial charge in [-0.3, -0.25) is 4.79 Å². The average Bonchev–Trinajstić information content (AvgIpc) is 3.26. The van der Waals surface area contributed by atoms with Crippen molar-refractivity contribution in [3.05, 3.63) is 95.7 Å². The highest BCUT2D eigenvalue weighted by molar-refractivity contribution is 5.99. The third-order valence-electron chi connectivity index (χ3n) is 6.00. The average molecular weight is 450 g/mol. The molecule has 1 aliphatic heterocycles. The Bertz CT molecular complexity index is 1290. The number of benzene rings is 3. The molecule has 2 N–H and O–H groups in total. The summed E-state index contributed by atoms with van der Waals surface area (Å²) in [4.78, 5) is 13.0. The smallest absolute Gasteiger partial charge is 0.363 e. The number of alkyl halides is 3. The number of fused-ring (bicyclic) bond motifs is 2. The zero-order valence-electron chi connectivity index (χ0n) is 17.5. The minimum absolute atomic E-state index is 0.0767. The van der Waals surface area contributed by atoms with Crippen LogP contribution in [0.1, 0.15) is 40.0 Å². The van der Waals surface area contributed by atoms with Crippen LogP contribution in [0.3, 0.4) is 0 Å². The standard InChI is InChI=1S/C25H21F3N4O/c26-25(27,28)22-13-21(17-8-2-1-3-9-17)31-23-20(15-30-32(22)23)24(33)29-14-18-11-6-10-16-7-4-5-12-19(16)18/h1-12,15,21-22,31H,13-14H2,(H,29,33)/t21-,22+/m1/s1. The van der Waals surface area contributed by atoms with E-state index in [1.165, 1.54) is 6.20 Å². The monoisotopic (exact) mass is 450 g/mol. The summed E-state index contributed by atoms with van der Waals surface area (Å²) in [6, 6.07) is 20.1. The van der Waals surface area contributed by atoms with Gasteiger partial charge in [-0.2, -0.15) is 18.3 Å². The summed E-state index contributed by atoms with van der Waals surface area (Å²) in [6.07, 6.45) is -3.50. The van der Waals surface area contributed by atoms with Crippen LogP contribution < -0.4 is 10.6 Å². The molecule has 4 aromatic rings. The topological polar surface area (TPSA) is 59.0 Å². The van der Waals surface area contributed by atoms with E-state index in [0.717, 1.165) is 26.6 Å². The van der Waals surface area contributed by atoms with Crippen molar-refractivity contribution in [1.29, 1.82) is 0 Å². The maximum absolute atomic E-state index is 13.8. The maximum atomic E-state index is 13.8. The van der Waals surface area contributed by atoms with Crippen molar-refractivity contribution in [2.45, 2.75) is 31.2 Å². The zero-order valence-corrected chi connectivity index (χ0v) is 17.5. The molecule has 33 heavy (non-hydrogen) atoms. The molecule has 0 radical (unpaired) electrons. The van der Waals surface area contributed by atoms with Gasteiger partial charge in [0.25, 0.3) is 5.91 Å². The molecule has 0 aliphatic carbocycles. The van der Waals surface area contributed by atoms with Crippen molar-refractivity contribution < 1.29 is 18.0 Å². The molecule has 2 heterocycles. The van der Waals surface area contributed by atoms with Gasteiger partial charge in [0.15, 0.2) is 6.04 Å². The minimum Gasteiger partial charge on any atom is -0.363 e. The highest BCUT2D eigenvalue weighted by Gasteiger charge is 2.47. The van der Waals surface area contributed by atoms with Gasteiger partial charge in [-0.05, 0) is 21.9 Å². The Balaban J connectivity index is 1.43. The molecule has 5 rings (SSSR count). The van der Waals surface area contributed by atoms with Crippen LogP contribution in [-0.4, -0.2) is 21.9 Å². The van der Waals surface area contributed by atoms with Crippen molar-refractivity contribution in [2.24, 2.45) is 0 Å². The van der Waals surface area contributed by atoms with Gasteiger partial charge >= 0.3 is 6.18 Å². The van der Waals surface area contributed by atoms with E-state index < -0.39 is 24.2 Å². The largest absolute Gasteiger partial charge is 0.410 e. The Morgan fingerprint density at radius 1 is 1.03 bits per heavy atom. The lowest BCUT2D eigenvalue weighted by Crippen LogP contribution is -2.36. The second kappa shape index (κ2) is 8.27. The van der Waals surface area contributed by atoms with Gasteiger partial charge in [-0.1, -0.05) is 72.8 Å². The van der Waals surface area contributed by atoms with Crippen LogP contribution in [0.2, 0.25) is 0 Å². The molecule has 8 heteroatoms. The van der Waals surface area contributed by atoms with Crippen molar-refractivity contribution in [1.82, 2.24) is 15.1 Å². The van der Waals surface area contributed by atoms with Crippen LogP contribution in [0.25, 0.3) is 10.8 Å². The second-order valence-electron chi connectivity index (χ2n) is 8.07. The van der Waals surface area contributed by atoms with Crippen LogP contribution >= 0.6 is 0 Å². The number of rotatable bonds is 4. The summed E-state index contributed by atoms with van der Waals surface area (Å²) in [5, 5.41) is 11.9. The number of carbonyl (C=O) groups excluding carboxylic acids is 1.